The van der Waals surface area contributed by atoms with Crippen molar-refractivity contribution in [2.24, 2.45) is 0 Å². The lowest BCUT2D eigenvalue weighted by Gasteiger charge is -2.12. The minimum Gasteiger partial charge on any atom is -0.481 e. The van der Waals surface area contributed by atoms with E-state index in [2.05, 4.69) is 15.0 Å². The van der Waals surface area contributed by atoms with Gasteiger partial charge in [0.25, 0.3) is 15.9 Å². The summed E-state index contributed by atoms with van der Waals surface area (Å²) in [5.74, 6) is -0.656. The van der Waals surface area contributed by atoms with Crippen LogP contribution in [0.3, 0.4) is 0 Å². The van der Waals surface area contributed by atoms with Gasteiger partial charge in [0, 0.05) is 11.6 Å². The summed E-state index contributed by atoms with van der Waals surface area (Å²) in [5.41, 5.74) is 0.609. The van der Waals surface area contributed by atoms with Crippen molar-refractivity contribution in [1.29, 1.82) is 0 Å². The maximum Gasteiger partial charge on any atom is 0.261 e. The Morgan fingerprint density at radius 2 is 1.83 bits per heavy atom. The maximum absolute atomic E-state index is 13.0. The third kappa shape index (κ3) is 5.01. The molecule has 2 N–H and O–H groups in total. The largest absolute Gasteiger partial charge is 0.481 e. The molecule has 1 aromatic heterocycles. The van der Waals surface area contributed by atoms with Crippen LogP contribution in [0.2, 0.25) is 5.02 Å². The highest BCUT2D eigenvalue weighted by molar-refractivity contribution is 7.92. The smallest absolute Gasteiger partial charge is 0.261 e. The van der Waals surface area contributed by atoms with Gasteiger partial charge in [-0.2, -0.15) is 0 Å². The van der Waals surface area contributed by atoms with Crippen molar-refractivity contribution >= 4 is 38.9 Å². The number of aromatic nitrogens is 1. The fourth-order valence-corrected chi connectivity index (χ4v) is 3.63. The normalized spacial score (nSPS) is 11.0. The first-order valence-corrected chi connectivity index (χ1v) is 10.0. The second-order valence-electron chi connectivity index (χ2n) is 5.80. The fraction of sp³-hybridized carbons (Fsp3) is 0.0526. The van der Waals surface area contributed by atoms with Crippen LogP contribution in [0.15, 0.2) is 65.7 Å². The third-order valence-corrected chi connectivity index (χ3v) is 5.51. The van der Waals surface area contributed by atoms with Crippen molar-refractivity contribution < 1.29 is 22.3 Å². The molecular formula is C19H15ClFN3O4S. The molecule has 0 unspecified atom stereocenters. The Hall–Kier alpha value is -3.17. The number of rotatable bonds is 6. The van der Waals surface area contributed by atoms with Gasteiger partial charge < -0.3 is 10.1 Å². The number of carbonyl (C=O) groups is 1. The monoisotopic (exact) mass is 435 g/mol. The van der Waals surface area contributed by atoms with Crippen LogP contribution in [-0.4, -0.2) is 26.4 Å². The molecule has 0 fully saturated rings. The van der Waals surface area contributed by atoms with Crippen LogP contribution in [0.1, 0.15) is 10.4 Å². The summed E-state index contributed by atoms with van der Waals surface area (Å²) in [6, 6.07) is 11.6. The van der Waals surface area contributed by atoms with Crippen LogP contribution in [0.5, 0.6) is 5.88 Å². The van der Waals surface area contributed by atoms with E-state index in [4.69, 9.17) is 16.3 Å². The first kappa shape index (κ1) is 20.6. The molecule has 0 radical (unpaired) electrons. The molecule has 3 rings (SSSR count). The number of pyridine rings is 1. The summed E-state index contributed by atoms with van der Waals surface area (Å²) >= 11 is 6.07. The Balaban J connectivity index is 1.81. The molecule has 0 aliphatic heterocycles. The molecule has 3 aromatic rings. The Morgan fingerprint density at radius 1 is 1.10 bits per heavy atom. The topological polar surface area (TPSA) is 97.4 Å². The zero-order valence-electron chi connectivity index (χ0n) is 15.0. The second kappa shape index (κ2) is 8.46. The van der Waals surface area contributed by atoms with E-state index in [-0.39, 0.29) is 21.2 Å². The molecule has 150 valence electrons. The number of carbonyl (C=O) groups excluding carboxylic acids is 1. The number of methoxy groups -OCH3 is 1. The first-order chi connectivity index (χ1) is 13.8. The number of sulfonamides is 1. The van der Waals surface area contributed by atoms with Crippen molar-refractivity contribution in [3.8, 4) is 5.88 Å². The molecule has 0 aliphatic carbocycles. The average Bonchev–Trinajstić information content (AvgIpc) is 2.70. The quantitative estimate of drug-likeness (QED) is 0.611. The molecule has 2 aromatic carbocycles. The maximum atomic E-state index is 13.0. The van der Waals surface area contributed by atoms with E-state index in [1.807, 2.05) is 0 Å². The van der Waals surface area contributed by atoms with Gasteiger partial charge in [0.1, 0.15) is 5.82 Å². The SMILES string of the molecule is COc1ccc(NC(=O)c2ccc(Cl)c(NS(=O)(=O)c3ccc(F)cc3)c2)cn1. The van der Waals surface area contributed by atoms with Gasteiger partial charge in [0.2, 0.25) is 5.88 Å². The summed E-state index contributed by atoms with van der Waals surface area (Å²) in [4.78, 5) is 16.3. The van der Waals surface area contributed by atoms with E-state index in [0.717, 1.165) is 24.3 Å². The van der Waals surface area contributed by atoms with E-state index in [9.17, 15) is 17.6 Å². The standard InChI is InChI=1S/C19H15ClFN3O4S/c1-28-18-9-5-14(11-22-18)23-19(25)12-2-8-16(20)17(10-12)24-29(26,27)15-6-3-13(21)4-7-15/h2-11,24H,1H3,(H,23,25). The molecule has 0 bridgehead atoms. The Kier molecular flexibility index (Phi) is 6.00. The van der Waals surface area contributed by atoms with Gasteiger partial charge in [-0.05, 0) is 48.5 Å². The van der Waals surface area contributed by atoms with Crippen molar-refractivity contribution in [1.82, 2.24) is 4.98 Å². The van der Waals surface area contributed by atoms with Crippen molar-refractivity contribution in [2.75, 3.05) is 17.1 Å². The molecule has 0 saturated heterocycles. The summed E-state index contributed by atoms with van der Waals surface area (Å²) in [7, 11) is -2.54. The zero-order valence-corrected chi connectivity index (χ0v) is 16.6. The molecule has 0 aliphatic rings. The van der Waals surface area contributed by atoms with Gasteiger partial charge in [-0.3, -0.25) is 9.52 Å². The summed E-state index contributed by atoms with van der Waals surface area (Å²) in [6.45, 7) is 0. The van der Waals surface area contributed by atoms with Gasteiger partial charge in [0.15, 0.2) is 0 Å². The fourth-order valence-electron chi connectivity index (χ4n) is 2.34. The summed E-state index contributed by atoms with van der Waals surface area (Å²) < 4.78 is 45.3. The van der Waals surface area contributed by atoms with Crippen molar-refractivity contribution in [2.45, 2.75) is 4.90 Å². The number of nitrogens with one attached hydrogen (secondary N) is 2. The van der Waals surface area contributed by atoms with Crippen molar-refractivity contribution in [3.05, 3.63) is 77.2 Å². The number of ether oxygens (including phenoxy) is 1. The van der Waals surface area contributed by atoms with Gasteiger partial charge in [0.05, 0.1) is 34.6 Å². The zero-order chi connectivity index (χ0) is 21.0. The Morgan fingerprint density at radius 3 is 2.45 bits per heavy atom. The number of nitrogens with zero attached hydrogens (tertiary/aromatic N) is 1. The second-order valence-corrected chi connectivity index (χ2v) is 7.89. The van der Waals surface area contributed by atoms with Gasteiger partial charge in [-0.15, -0.1) is 0 Å². The van der Waals surface area contributed by atoms with Crippen molar-refractivity contribution in [3.63, 3.8) is 0 Å². The minimum atomic E-state index is -4.02. The van der Waals surface area contributed by atoms with Crippen LogP contribution in [0.4, 0.5) is 15.8 Å². The van der Waals surface area contributed by atoms with Crippen LogP contribution in [0, 0.1) is 5.82 Å². The van der Waals surface area contributed by atoms with E-state index in [0.29, 0.717) is 11.6 Å². The van der Waals surface area contributed by atoms with E-state index < -0.39 is 21.7 Å². The lowest BCUT2D eigenvalue weighted by atomic mass is 10.2. The average molecular weight is 436 g/mol. The molecule has 0 saturated carbocycles. The van der Waals surface area contributed by atoms with Crippen LogP contribution >= 0.6 is 11.6 Å². The molecule has 10 heteroatoms. The molecule has 29 heavy (non-hydrogen) atoms. The number of halogens is 2. The third-order valence-electron chi connectivity index (χ3n) is 3.80. The number of hydrogen-bond acceptors (Lipinski definition) is 5. The molecule has 0 spiro atoms. The molecule has 1 amide bonds. The van der Waals surface area contributed by atoms with Crippen LogP contribution in [-0.2, 0) is 10.0 Å². The Bertz CT molecular complexity index is 1140. The lowest BCUT2D eigenvalue weighted by Crippen LogP contribution is -2.15. The number of hydrogen-bond donors (Lipinski definition) is 2. The van der Waals surface area contributed by atoms with E-state index in [1.165, 1.54) is 31.5 Å². The van der Waals surface area contributed by atoms with Gasteiger partial charge >= 0.3 is 0 Å². The lowest BCUT2D eigenvalue weighted by molar-refractivity contribution is 0.102. The number of benzene rings is 2. The highest BCUT2D eigenvalue weighted by Gasteiger charge is 2.17. The summed E-state index contributed by atoms with van der Waals surface area (Å²) in [5, 5.41) is 2.73. The number of amides is 1. The van der Waals surface area contributed by atoms with Gasteiger partial charge in [-0.1, -0.05) is 11.6 Å². The van der Waals surface area contributed by atoms with E-state index >= 15 is 0 Å². The van der Waals surface area contributed by atoms with Crippen LogP contribution < -0.4 is 14.8 Å². The number of anilines is 2. The van der Waals surface area contributed by atoms with Crippen LogP contribution in [0.25, 0.3) is 0 Å². The predicted octanol–water partition coefficient (Wildman–Crippen LogP) is 3.94. The highest BCUT2D eigenvalue weighted by Crippen LogP contribution is 2.26. The Labute approximate surface area is 171 Å². The minimum absolute atomic E-state index is 0.0106. The molecular weight excluding hydrogens is 421 g/mol. The highest BCUT2D eigenvalue weighted by atomic mass is 35.5. The molecule has 0 atom stereocenters. The van der Waals surface area contributed by atoms with Gasteiger partial charge in [-0.25, -0.2) is 17.8 Å². The summed E-state index contributed by atoms with van der Waals surface area (Å²) in [6.07, 6.45) is 1.42. The first-order valence-electron chi connectivity index (χ1n) is 8.18. The predicted molar refractivity (Wildman–Crippen MR) is 107 cm³/mol. The van der Waals surface area contributed by atoms with E-state index in [1.54, 1.807) is 12.1 Å². The molecule has 1 heterocycles. The molecule has 7 nitrogen and oxygen atoms in total.